The van der Waals surface area contributed by atoms with Crippen molar-refractivity contribution in [3.05, 3.63) is 0 Å². The molecule has 2 atom stereocenters. The molecule has 1 aliphatic heterocycles. The Kier molecular flexibility index (Phi) is 3.16. The molecule has 1 aliphatic rings. The van der Waals surface area contributed by atoms with Crippen LogP contribution < -0.4 is 0 Å². The smallest absolute Gasteiger partial charge is 0.0835 e. The molecule has 1 saturated heterocycles. The quantitative estimate of drug-likeness (QED) is 0.586. The van der Waals surface area contributed by atoms with Gasteiger partial charge in [-0.15, -0.1) is 0 Å². The lowest BCUT2D eigenvalue weighted by atomic mass is 10.1. The van der Waals surface area contributed by atoms with E-state index in [1.54, 1.807) is 0 Å². The molecule has 0 aliphatic carbocycles. The van der Waals surface area contributed by atoms with E-state index in [2.05, 4.69) is 13.8 Å². The van der Waals surface area contributed by atoms with Crippen LogP contribution in [0, 0.1) is 0 Å². The Balaban J connectivity index is 2.34. The van der Waals surface area contributed by atoms with Crippen molar-refractivity contribution in [2.75, 3.05) is 13.2 Å². The molecule has 0 radical (unpaired) electrons. The van der Waals surface area contributed by atoms with Crippen LogP contribution in [0.5, 0.6) is 0 Å². The van der Waals surface area contributed by atoms with E-state index in [9.17, 15) is 0 Å². The number of hydrogen-bond donors (Lipinski definition) is 0. The van der Waals surface area contributed by atoms with Crippen LogP contribution in [0.4, 0.5) is 0 Å². The van der Waals surface area contributed by atoms with Gasteiger partial charge in [0.1, 0.15) is 0 Å². The number of rotatable bonds is 2. The van der Waals surface area contributed by atoms with Gasteiger partial charge < -0.3 is 9.47 Å². The molecule has 10 heavy (non-hydrogen) atoms. The van der Waals surface area contributed by atoms with Crippen LogP contribution in [0.3, 0.4) is 0 Å². The van der Waals surface area contributed by atoms with Crippen molar-refractivity contribution in [3.8, 4) is 0 Å². The zero-order chi connectivity index (χ0) is 7.40. The minimum atomic E-state index is 0.346. The predicted molar refractivity (Wildman–Crippen MR) is 40.1 cm³/mol. The second-order valence-corrected chi connectivity index (χ2v) is 2.63. The minimum absolute atomic E-state index is 0.346. The molecule has 0 spiro atoms. The summed E-state index contributed by atoms with van der Waals surface area (Å²) in [4.78, 5) is 0. The third-order valence-electron chi connectivity index (χ3n) is 1.97. The Hall–Kier alpha value is -0.0800. The minimum Gasteiger partial charge on any atom is -0.373 e. The Labute approximate surface area is 62.5 Å². The Bertz CT molecular complexity index is 81.3. The Morgan fingerprint density at radius 1 is 1.00 bits per heavy atom. The molecule has 0 amide bonds. The molecule has 0 aromatic carbocycles. The molecule has 60 valence electrons. The molecule has 0 N–H and O–H groups in total. The van der Waals surface area contributed by atoms with Crippen molar-refractivity contribution < 1.29 is 9.47 Å². The van der Waals surface area contributed by atoms with Crippen molar-refractivity contribution in [3.63, 3.8) is 0 Å². The van der Waals surface area contributed by atoms with E-state index in [0.717, 1.165) is 26.1 Å². The highest BCUT2D eigenvalue weighted by Gasteiger charge is 2.22. The first kappa shape index (κ1) is 8.02. The molecule has 0 bridgehead atoms. The van der Waals surface area contributed by atoms with Crippen molar-refractivity contribution >= 4 is 0 Å². The van der Waals surface area contributed by atoms with Gasteiger partial charge in [0.05, 0.1) is 25.4 Å². The second-order valence-electron chi connectivity index (χ2n) is 2.63. The van der Waals surface area contributed by atoms with E-state index in [-0.39, 0.29) is 0 Å². The summed E-state index contributed by atoms with van der Waals surface area (Å²) in [6.07, 6.45) is 2.83. The molecular formula is C8H16O2. The molecule has 1 fully saturated rings. The summed E-state index contributed by atoms with van der Waals surface area (Å²) >= 11 is 0. The Morgan fingerprint density at radius 3 is 1.70 bits per heavy atom. The van der Waals surface area contributed by atoms with E-state index >= 15 is 0 Å². The fourth-order valence-corrected chi connectivity index (χ4v) is 1.38. The third-order valence-corrected chi connectivity index (χ3v) is 1.97. The lowest BCUT2D eigenvalue weighted by Gasteiger charge is -2.30. The predicted octanol–water partition coefficient (Wildman–Crippen LogP) is 1.59. The fraction of sp³-hybridized carbons (Fsp3) is 1.00. The van der Waals surface area contributed by atoms with Crippen LogP contribution in [-0.2, 0) is 9.47 Å². The van der Waals surface area contributed by atoms with Crippen LogP contribution in [0.25, 0.3) is 0 Å². The maximum Gasteiger partial charge on any atom is 0.0835 e. The van der Waals surface area contributed by atoms with E-state index in [1.807, 2.05) is 0 Å². The van der Waals surface area contributed by atoms with Crippen LogP contribution in [0.15, 0.2) is 0 Å². The average molecular weight is 144 g/mol. The summed E-state index contributed by atoms with van der Waals surface area (Å²) in [6.45, 7) is 5.83. The van der Waals surface area contributed by atoms with Gasteiger partial charge in [0.25, 0.3) is 0 Å². The van der Waals surface area contributed by atoms with E-state index in [0.29, 0.717) is 12.2 Å². The van der Waals surface area contributed by atoms with Gasteiger partial charge in [-0.1, -0.05) is 13.8 Å². The van der Waals surface area contributed by atoms with Gasteiger partial charge in [-0.05, 0) is 12.8 Å². The highest BCUT2D eigenvalue weighted by Crippen LogP contribution is 2.15. The van der Waals surface area contributed by atoms with Crippen LogP contribution in [0.1, 0.15) is 26.7 Å². The first-order valence-electron chi connectivity index (χ1n) is 4.11. The molecule has 1 heterocycles. The van der Waals surface area contributed by atoms with Gasteiger partial charge in [0, 0.05) is 0 Å². The Morgan fingerprint density at radius 2 is 1.40 bits per heavy atom. The third kappa shape index (κ3) is 1.70. The van der Waals surface area contributed by atoms with Crippen molar-refractivity contribution in [1.29, 1.82) is 0 Å². The standard InChI is InChI=1S/C8H16O2/c1-3-7-8(4-2)10-6-5-9-7/h7-8H,3-6H2,1-2H3/t7-,8?/m1/s1. The zero-order valence-corrected chi connectivity index (χ0v) is 6.80. The summed E-state index contributed by atoms with van der Waals surface area (Å²) in [5.74, 6) is 0. The van der Waals surface area contributed by atoms with E-state index < -0.39 is 0 Å². The fourth-order valence-electron chi connectivity index (χ4n) is 1.38. The van der Waals surface area contributed by atoms with Gasteiger partial charge in [0.15, 0.2) is 0 Å². The highest BCUT2D eigenvalue weighted by atomic mass is 16.6. The molecule has 0 saturated carbocycles. The monoisotopic (exact) mass is 144 g/mol. The summed E-state index contributed by atoms with van der Waals surface area (Å²) in [7, 11) is 0. The van der Waals surface area contributed by atoms with Crippen LogP contribution >= 0.6 is 0 Å². The van der Waals surface area contributed by atoms with Crippen molar-refractivity contribution in [2.45, 2.75) is 38.9 Å². The van der Waals surface area contributed by atoms with Crippen LogP contribution in [-0.4, -0.2) is 25.4 Å². The SMILES string of the molecule is CCC1OCCO[C@@H]1CC. The molecule has 1 unspecified atom stereocenters. The molecule has 0 aromatic heterocycles. The summed E-state index contributed by atoms with van der Waals surface area (Å²) < 4.78 is 11.0. The molecule has 2 nitrogen and oxygen atoms in total. The van der Waals surface area contributed by atoms with Gasteiger partial charge >= 0.3 is 0 Å². The first-order chi connectivity index (χ1) is 4.88. The zero-order valence-electron chi connectivity index (χ0n) is 6.80. The number of ether oxygens (including phenoxy) is 2. The molecular weight excluding hydrogens is 128 g/mol. The van der Waals surface area contributed by atoms with E-state index in [4.69, 9.17) is 9.47 Å². The topological polar surface area (TPSA) is 18.5 Å². The lowest BCUT2D eigenvalue weighted by molar-refractivity contribution is -0.141. The van der Waals surface area contributed by atoms with Crippen LogP contribution in [0.2, 0.25) is 0 Å². The summed E-state index contributed by atoms with van der Waals surface area (Å²) in [5, 5.41) is 0. The maximum absolute atomic E-state index is 5.51. The average Bonchev–Trinajstić information content (AvgIpc) is 2.04. The lowest BCUT2D eigenvalue weighted by Crippen LogP contribution is -2.37. The maximum atomic E-state index is 5.51. The second kappa shape index (κ2) is 3.94. The first-order valence-corrected chi connectivity index (χ1v) is 4.11. The largest absolute Gasteiger partial charge is 0.373 e. The molecule has 0 aromatic rings. The highest BCUT2D eigenvalue weighted by molar-refractivity contribution is 4.70. The van der Waals surface area contributed by atoms with Gasteiger partial charge in [-0.3, -0.25) is 0 Å². The molecule has 2 heteroatoms. The summed E-state index contributed by atoms with van der Waals surface area (Å²) in [6, 6.07) is 0. The summed E-state index contributed by atoms with van der Waals surface area (Å²) in [5.41, 5.74) is 0. The van der Waals surface area contributed by atoms with E-state index in [1.165, 1.54) is 0 Å². The molecule has 1 rings (SSSR count). The van der Waals surface area contributed by atoms with Crippen molar-refractivity contribution in [2.24, 2.45) is 0 Å². The normalized spacial score (nSPS) is 34.2. The van der Waals surface area contributed by atoms with Gasteiger partial charge in [-0.2, -0.15) is 0 Å². The van der Waals surface area contributed by atoms with Gasteiger partial charge in [-0.25, -0.2) is 0 Å². The van der Waals surface area contributed by atoms with Crippen molar-refractivity contribution in [1.82, 2.24) is 0 Å². The number of hydrogen-bond acceptors (Lipinski definition) is 2. The van der Waals surface area contributed by atoms with Gasteiger partial charge in [0.2, 0.25) is 0 Å².